The van der Waals surface area contributed by atoms with E-state index in [-0.39, 0.29) is 16.3 Å². The van der Waals surface area contributed by atoms with E-state index in [1.165, 1.54) is 22.8 Å². The van der Waals surface area contributed by atoms with Gasteiger partial charge in [0.25, 0.3) is 0 Å². The highest BCUT2D eigenvalue weighted by Gasteiger charge is 2.19. The molecule has 0 saturated carbocycles. The number of rotatable bonds is 2. The first-order chi connectivity index (χ1) is 10.0. The fourth-order valence-electron chi connectivity index (χ4n) is 2.37. The fourth-order valence-corrected chi connectivity index (χ4v) is 2.62. The maximum Gasteiger partial charge on any atom is 0.337 e. The van der Waals surface area contributed by atoms with Gasteiger partial charge in [0.05, 0.1) is 16.1 Å². The molecular formula is C15H10ClFN2O2. The molecule has 21 heavy (non-hydrogen) atoms. The number of aromatic carboxylic acids is 1. The van der Waals surface area contributed by atoms with Crippen LogP contribution < -0.4 is 0 Å². The molecule has 0 bridgehead atoms. The lowest BCUT2D eigenvalue weighted by atomic mass is 10.2. The lowest BCUT2D eigenvalue weighted by Gasteiger charge is -2.10. The summed E-state index contributed by atoms with van der Waals surface area (Å²) in [5.74, 6) is -1.11. The summed E-state index contributed by atoms with van der Waals surface area (Å²) in [6.07, 6.45) is 0. The largest absolute Gasteiger partial charge is 0.478 e. The van der Waals surface area contributed by atoms with E-state index in [1.54, 1.807) is 25.1 Å². The fraction of sp³-hybridized carbons (Fsp3) is 0.0667. The number of nitrogens with zero attached hydrogens (tertiary/aromatic N) is 2. The van der Waals surface area contributed by atoms with E-state index in [1.807, 2.05) is 0 Å². The van der Waals surface area contributed by atoms with E-state index in [4.69, 9.17) is 11.6 Å². The average molecular weight is 305 g/mol. The van der Waals surface area contributed by atoms with Gasteiger partial charge in [-0.05, 0) is 31.2 Å². The van der Waals surface area contributed by atoms with E-state index in [9.17, 15) is 14.3 Å². The second-order valence-electron chi connectivity index (χ2n) is 4.54. The number of hydrogen-bond acceptors (Lipinski definition) is 2. The minimum absolute atomic E-state index is 0.0711. The Balaban J connectivity index is 2.42. The van der Waals surface area contributed by atoms with Crippen molar-refractivity contribution in [3.05, 3.63) is 58.6 Å². The molecule has 0 unspecified atom stereocenters. The second kappa shape index (κ2) is 4.86. The number of aryl methyl sites for hydroxylation is 1. The van der Waals surface area contributed by atoms with Gasteiger partial charge in [0.15, 0.2) is 0 Å². The number of carboxylic acids is 1. The van der Waals surface area contributed by atoms with Crippen LogP contribution in [-0.2, 0) is 0 Å². The predicted molar refractivity (Wildman–Crippen MR) is 77.7 cm³/mol. The molecule has 0 spiro atoms. The van der Waals surface area contributed by atoms with Gasteiger partial charge >= 0.3 is 5.97 Å². The minimum atomic E-state index is -1.08. The zero-order valence-electron chi connectivity index (χ0n) is 11.0. The average Bonchev–Trinajstić information content (AvgIpc) is 2.75. The van der Waals surface area contributed by atoms with Crippen molar-refractivity contribution in [2.45, 2.75) is 6.92 Å². The first-order valence-corrected chi connectivity index (χ1v) is 6.54. The standard InChI is InChI=1S/C15H10ClFN2O2/c1-8-18-13-9(15(20)21)4-2-7-12(13)19(8)14-10(16)5-3-6-11(14)17/h2-7H,1H3,(H,20,21). The van der Waals surface area contributed by atoms with E-state index >= 15 is 0 Å². The van der Waals surface area contributed by atoms with E-state index < -0.39 is 11.8 Å². The maximum atomic E-state index is 14.1. The highest BCUT2D eigenvalue weighted by molar-refractivity contribution is 6.32. The van der Waals surface area contributed by atoms with Gasteiger partial charge in [-0.25, -0.2) is 14.2 Å². The Morgan fingerprint density at radius 1 is 1.29 bits per heavy atom. The van der Waals surface area contributed by atoms with E-state index in [2.05, 4.69) is 4.98 Å². The molecule has 0 aliphatic heterocycles. The number of benzene rings is 2. The van der Waals surface area contributed by atoms with Gasteiger partial charge in [0.2, 0.25) is 0 Å². The van der Waals surface area contributed by atoms with Crippen LogP contribution in [-0.4, -0.2) is 20.6 Å². The van der Waals surface area contributed by atoms with Crippen molar-refractivity contribution in [2.24, 2.45) is 0 Å². The quantitative estimate of drug-likeness (QED) is 0.783. The molecule has 6 heteroatoms. The Hall–Kier alpha value is -2.40. The lowest BCUT2D eigenvalue weighted by Crippen LogP contribution is -2.01. The van der Waals surface area contributed by atoms with Crippen molar-refractivity contribution in [1.29, 1.82) is 0 Å². The summed E-state index contributed by atoms with van der Waals surface area (Å²) in [5.41, 5.74) is 1.05. The number of hydrogen-bond donors (Lipinski definition) is 1. The van der Waals surface area contributed by atoms with Gasteiger partial charge in [-0.15, -0.1) is 0 Å². The summed E-state index contributed by atoms with van der Waals surface area (Å²) in [5, 5.41) is 9.45. The molecule has 0 amide bonds. The number of imidazole rings is 1. The van der Waals surface area contributed by atoms with Crippen LogP contribution >= 0.6 is 11.6 Å². The van der Waals surface area contributed by atoms with Crippen molar-refractivity contribution in [3.63, 3.8) is 0 Å². The molecule has 0 aliphatic carbocycles. The third kappa shape index (κ3) is 2.06. The number of carboxylic acid groups (broad SMARTS) is 1. The summed E-state index contributed by atoms with van der Waals surface area (Å²) in [7, 11) is 0. The molecule has 2 aromatic carbocycles. The third-order valence-electron chi connectivity index (χ3n) is 3.24. The third-order valence-corrected chi connectivity index (χ3v) is 3.55. The van der Waals surface area contributed by atoms with Crippen LogP contribution in [0.4, 0.5) is 4.39 Å². The zero-order valence-corrected chi connectivity index (χ0v) is 11.7. The van der Waals surface area contributed by atoms with Gasteiger partial charge in [0, 0.05) is 0 Å². The summed E-state index contributed by atoms with van der Waals surface area (Å²) in [6, 6.07) is 9.13. The van der Waals surface area contributed by atoms with E-state index in [0.717, 1.165) is 0 Å². The SMILES string of the molecule is Cc1nc2c(C(=O)O)cccc2n1-c1c(F)cccc1Cl. The molecule has 3 rings (SSSR count). The van der Waals surface area contributed by atoms with Crippen molar-refractivity contribution < 1.29 is 14.3 Å². The molecule has 1 aromatic heterocycles. The monoisotopic (exact) mass is 304 g/mol. The Morgan fingerprint density at radius 2 is 2.00 bits per heavy atom. The number of halogens is 2. The molecule has 106 valence electrons. The van der Waals surface area contributed by atoms with Gasteiger partial charge < -0.3 is 5.11 Å². The maximum absolute atomic E-state index is 14.1. The Bertz CT molecular complexity index is 853. The molecule has 0 saturated heterocycles. The van der Waals surface area contributed by atoms with Crippen molar-refractivity contribution >= 4 is 28.6 Å². The van der Waals surface area contributed by atoms with Gasteiger partial charge in [-0.2, -0.15) is 0 Å². The first kappa shape index (κ1) is 13.6. The highest BCUT2D eigenvalue weighted by Crippen LogP contribution is 2.30. The zero-order chi connectivity index (χ0) is 15.1. The van der Waals surface area contributed by atoms with Crippen LogP contribution in [0.15, 0.2) is 36.4 Å². The van der Waals surface area contributed by atoms with Crippen LogP contribution in [0.3, 0.4) is 0 Å². The topological polar surface area (TPSA) is 55.1 Å². The number of para-hydroxylation sites is 2. The number of carbonyl (C=O) groups is 1. The van der Waals surface area contributed by atoms with Crippen LogP contribution in [0.25, 0.3) is 16.7 Å². The molecule has 0 radical (unpaired) electrons. The smallest absolute Gasteiger partial charge is 0.337 e. The van der Waals surface area contributed by atoms with Crippen LogP contribution in [0.5, 0.6) is 0 Å². The minimum Gasteiger partial charge on any atom is -0.478 e. The van der Waals surface area contributed by atoms with Crippen molar-refractivity contribution in [1.82, 2.24) is 9.55 Å². The Kier molecular flexibility index (Phi) is 3.14. The molecule has 0 atom stereocenters. The normalized spacial score (nSPS) is 11.0. The molecular weight excluding hydrogens is 295 g/mol. The molecule has 1 N–H and O–H groups in total. The van der Waals surface area contributed by atoms with Crippen LogP contribution in [0, 0.1) is 12.7 Å². The Labute approximate surface area is 124 Å². The molecule has 0 aliphatic rings. The van der Waals surface area contributed by atoms with Gasteiger partial charge in [0.1, 0.15) is 22.8 Å². The summed E-state index contributed by atoms with van der Waals surface area (Å²) in [6.45, 7) is 1.67. The predicted octanol–water partition coefficient (Wildman–Crippen LogP) is 3.82. The first-order valence-electron chi connectivity index (χ1n) is 6.16. The van der Waals surface area contributed by atoms with Gasteiger partial charge in [-0.1, -0.05) is 23.7 Å². The van der Waals surface area contributed by atoms with E-state index in [0.29, 0.717) is 16.9 Å². The van der Waals surface area contributed by atoms with Crippen LogP contribution in [0.2, 0.25) is 5.02 Å². The Morgan fingerprint density at radius 3 is 2.67 bits per heavy atom. The summed E-state index contributed by atoms with van der Waals surface area (Å²) in [4.78, 5) is 15.5. The van der Waals surface area contributed by atoms with Crippen molar-refractivity contribution in [3.8, 4) is 5.69 Å². The summed E-state index contributed by atoms with van der Waals surface area (Å²) >= 11 is 6.09. The number of aromatic nitrogens is 2. The molecule has 4 nitrogen and oxygen atoms in total. The molecule has 0 fully saturated rings. The van der Waals surface area contributed by atoms with Crippen LogP contribution in [0.1, 0.15) is 16.2 Å². The summed E-state index contributed by atoms with van der Waals surface area (Å²) < 4.78 is 15.7. The lowest BCUT2D eigenvalue weighted by molar-refractivity contribution is 0.0699. The van der Waals surface area contributed by atoms with Gasteiger partial charge in [-0.3, -0.25) is 4.57 Å². The number of fused-ring (bicyclic) bond motifs is 1. The van der Waals surface area contributed by atoms with Crippen molar-refractivity contribution in [2.75, 3.05) is 0 Å². The highest BCUT2D eigenvalue weighted by atomic mass is 35.5. The molecule has 1 heterocycles. The second-order valence-corrected chi connectivity index (χ2v) is 4.95. The molecule has 3 aromatic rings.